The van der Waals surface area contributed by atoms with E-state index < -0.39 is 0 Å². The van der Waals surface area contributed by atoms with Crippen LogP contribution in [-0.2, 0) is 0 Å². The average Bonchev–Trinajstić information content (AvgIpc) is 2.59. The molecule has 2 bridgehead atoms. The van der Waals surface area contributed by atoms with Crippen LogP contribution in [0.25, 0.3) is 0 Å². The third kappa shape index (κ3) is 2.50. The number of aliphatic hydroxyl groups excluding tert-OH is 1. The van der Waals surface area contributed by atoms with Crippen molar-refractivity contribution in [2.24, 2.45) is 11.8 Å². The smallest absolute Gasteiger partial charge is 0.119 e. The zero-order chi connectivity index (χ0) is 15.8. The van der Waals surface area contributed by atoms with E-state index in [1.165, 1.54) is 17.5 Å². The van der Waals surface area contributed by atoms with Crippen LogP contribution in [0.5, 0.6) is 0 Å². The quantitative estimate of drug-likeness (QED) is 0.876. The number of rotatable bonds is 2. The number of piperidine rings is 1. The number of hydrogen-bond acceptors (Lipinski definition) is 1. The van der Waals surface area contributed by atoms with Crippen LogP contribution in [0.3, 0.4) is 0 Å². The van der Waals surface area contributed by atoms with Crippen LogP contribution in [0.2, 0.25) is 0 Å². The summed E-state index contributed by atoms with van der Waals surface area (Å²) in [6, 6.07) is 22.4. The molecule has 1 saturated heterocycles. The maximum atomic E-state index is 11.1. The van der Waals surface area contributed by atoms with Gasteiger partial charge in [-0.05, 0) is 12.8 Å². The molecule has 4 rings (SSSR count). The number of hydrogen-bond donors (Lipinski definition) is 2. The van der Waals surface area contributed by atoms with Gasteiger partial charge in [-0.25, -0.2) is 0 Å². The van der Waals surface area contributed by atoms with Gasteiger partial charge in [0.05, 0.1) is 13.2 Å². The van der Waals surface area contributed by atoms with E-state index >= 15 is 0 Å². The van der Waals surface area contributed by atoms with Gasteiger partial charge < -0.3 is 10.0 Å². The second kappa shape index (κ2) is 6.10. The van der Waals surface area contributed by atoms with E-state index in [1.54, 1.807) is 4.90 Å². The van der Waals surface area contributed by atoms with Gasteiger partial charge >= 0.3 is 0 Å². The van der Waals surface area contributed by atoms with Crippen LogP contribution >= 0.6 is 0 Å². The van der Waals surface area contributed by atoms with Crippen molar-refractivity contribution in [1.29, 1.82) is 0 Å². The summed E-state index contributed by atoms with van der Waals surface area (Å²) in [6.07, 6.45) is 3.36. The molecule has 0 amide bonds. The van der Waals surface area contributed by atoms with Crippen molar-refractivity contribution in [3.8, 4) is 0 Å². The Balaban J connectivity index is 1.78. The summed E-state index contributed by atoms with van der Waals surface area (Å²) < 4.78 is 0. The van der Waals surface area contributed by atoms with Gasteiger partial charge in [0, 0.05) is 23.0 Å². The van der Waals surface area contributed by atoms with E-state index in [9.17, 15) is 5.11 Å². The fourth-order valence-corrected chi connectivity index (χ4v) is 5.19. The molecule has 0 aromatic heterocycles. The van der Waals surface area contributed by atoms with Gasteiger partial charge in [-0.1, -0.05) is 67.1 Å². The van der Waals surface area contributed by atoms with Gasteiger partial charge in [-0.2, -0.15) is 0 Å². The summed E-state index contributed by atoms with van der Waals surface area (Å²) in [7, 11) is 2.33. The Labute approximate surface area is 138 Å². The molecule has 1 saturated carbocycles. The Morgan fingerprint density at radius 1 is 0.783 bits per heavy atom. The lowest BCUT2D eigenvalue weighted by atomic mass is 9.65. The molecule has 23 heavy (non-hydrogen) atoms. The molecule has 1 heterocycles. The van der Waals surface area contributed by atoms with Gasteiger partial charge in [0.1, 0.15) is 12.1 Å². The van der Waals surface area contributed by atoms with Crippen molar-refractivity contribution in [3.05, 3.63) is 71.8 Å². The highest BCUT2D eigenvalue weighted by atomic mass is 16.3. The summed E-state index contributed by atoms with van der Waals surface area (Å²) in [5, 5.41) is 11.1. The molecule has 2 nitrogen and oxygen atoms in total. The maximum absolute atomic E-state index is 11.1. The minimum absolute atomic E-state index is 0.178. The van der Waals surface area contributed by atoms with Crippen molar-refractivity contribution >= 4 is 0 Å². The monoisotopic (exact) mass is 308 g/mol. The number of nitrogens with one attached hydrogen (secondary N) is 1. The van der Waals surface area contributed by atoms with E-state index in [1.807, 2.05) is 0 Å². The predicted molar refractivity (Wildman–Crippen MR) is 92.1 cm³/mol. The number of aliphatic hydroxyl groups is 1. The van der Waals surface area contributed by atoms with Crippen LogP contribution in [0.1, 0.15) is 42.5 Å². The van der Waals surface area contributed by atoms with Crippen molar-refractivity contribution in [3.63, 3.8) is 0 Å². The first-order valence-corrected chi connectivity index (χ1v) is 8.88. The highest BCUT2D eigenvalue weighted by molar-refractivity contribution is 5.23. The van der Waals surface area contributed by atoms with Crippen molar-refractivity contribution < 1.29 is 10.0 Å². The predicted octanol–water partition coefficient (Wildman–Crippen LogP) is 2.77. The zero-order valence-electron chi connectivity index (χ0n) is 13.7. The molecule has 2 aliphatic rings. The minimum Gasteiger partial charge on any atom is -0.392 e. The molecular formula is C21H26NO+. The molecule has 120 valence electrons. The third-order valence-electron chi connectivity index (χ3n) is 6.11. The Kier molecular flexibility index (Phi) is 3.96. The molecule has 1 aliphatic heterocycles. The van der Waals surface area contributed by atoms with Crippen LogP contribution in [-0.4, -0.2) is 18.3 Å². The molecule has 0 spiro atoms. The second-order valence-corrected chi connectivity index (χ2v) is 7.27. The summed E-state index contributed by atoms with van der Waals surface area (Å²) in [4.78, 5) is 1.54. The fraction of sp³-hybridized carbons (Fsp3) is 0.429. The second-order valence-electron chi connectivity index (χ2n) is 7.27. The zero-order valence-corrected chi connectivity index (χ0v) is 13.7. The Morgan fingerprint density at radius 3 is 1.65 bits per heavy atom. The van der Waals surface area contributed by atoms with E-state index in [4.69, 9.17) is 0 Å². The lowest BCUT2D eigenvalue weighted by molar-refractivity contribution is -0.961. The Hall–Kier alpha value is -1.64. The average molecular weight is 308 g/mol. The maximum Gasteiger partial charge on any atom is 0.119 e. The van der Waals surface area contributed by atoms with Crippen LogP contribution in [0, 0.1) is 11.8 Å². The van der Waals surface area contributed by atoms with E-state index in [0.717, 1.165) is 12.8 Å². The van der Waals surface area contributed by atoms with E-state index in [-0.39, 0.29) is 6.10 Å². The highest BCUT2D eigenvalue weighted by Gasteiger charge is 2.52. The molecule has 0 unspecified atom stereocenters. The van der Waals surface area contributed by atoms with Crippen LogP contribution in [0.4, 0.5) is 0 Å². The molecule has 1 aliphatic carbocycles. The molecule has 0 radical (unpaired) electrons. The lowest BCUT2D eigenvalue weighted by Gasteiger charge is -2.51. The standard InChI is InChI=1S/C21H25NO/c1-22-19(15-9-4-2-5-10-15)17-13-8-14-18(21(17)23)20(22)16-11-6-3-7-12-16/h2-7,9-12,17-21,23H,8,13-14H2,1H3/p+1/t17-,18-,19+,20+/m1/s1. The van der Waals surface area contributed by atoms with Crippen molar-refractivity contribution in [1.82, 2.24) is 0 Å². The number of likely N-dealkylation sites (tertiary alicyclic amines) is 1. The first-order valence-electron chi connectivity index (χ1n) is 8.88. The molecule has 2 aromatic rings. The lowest BCUT2D eigenvalue weighted by Crippen LogP contribution is -3.13. The van der Waals surface area contributed by atoms with E-state index in [0.29, 0.717) is 23.9 Å². The first kappa shape index (κ1) is 14.9. The van der Waals surface area contributed by atoms with Gasteiger partial charge in [0.2, 0.25) is 0 Å². The largest absolute Gasteiger partial charge is 0.392 e. The van der Waals surface area contributed by atoms with Gasteiger partial charge in [-0.15, -0.1) is 0 Å². The van der Waals surface area contributed by atoms with Gasteiger partial charge in [0.15, 0.2) is 0 Å². The van der Waals surface area contributed by atoms with Crippen molar-refractivity contribution in [2.45, 2.75) is 37.5 Å². The normalized spacial score (nSPS) is 36.6. The minimum atomic E-state index is -0.178. The van der Waals surface area contributed by atoms with Gasteiger partial charge in [-0.3, -0.25) is 0 Å². The molecule has 2 N–H and O–H groups in total. The molecule has 2 aromatic carbocycles. The van der Waals surface area contributed by atoms with Crippen LogP contribution in [0.15, 0.2) is 60.7 Å². The highest BCUT2D eigenvalue weighted by Crippen LogP contribution is 2.44. The Bertz CT molecular complexity index is 586. The SMILES string of the molecule is C[NH+]1[C@@H](c2ccccc2)[C@H]2CCC[C@@H](C2O)[C@@H]1c1ccccc1. The molecule has 2 heteroatoms. The summed E-state index contributed by atoms with van der Waals surface area (Å²) in [5.74, 6) is 0.771. The summed E-state index contributed by atoms with van der Waals surface area (Å²) in [6.45, 7) is 0. The van der Waals surface area contributed by atoms with Gasteiger partial charge in [0.25, 0.3) is 0 Å². The number of fused-ring (bicyclic) bond motifs is 2. The van der Waals surface area contributed by atoms with Crippen LogP contribution < -0.4 is 4.90 Å². The summed E-state index contributed by atoms with van der Waals surface area (Å²) >= 11 is 0. The number of quaternary nitrogens is 1. The summed E-state index contributed by atoms with van der Waals surface area (Å²) in [5.41, 5.74) is 2.74. The molecular weight excluding hydrogens is 282 g/mol. The fourth-order valence-electron chi connectivity index (χ4n) is 5.19. The van der Waals surface area contributed by atoms with E-state index in [2.05, 4.69) is 67.7 Å². The Morgan fingerprint density at radius 2 is 1.22 bits per heavy atom. The molecule has 2 fully saturated rings. The third-order valence-corrected chi connectivity index (χ3v) is 6.11. The molecule has 4 atom stereocenters. The number of benzene rings is 2. The first-order chi connectivity index (χ1) is 11.3. The van der Waals surface area contributed by atoms with Crippen molar-refractivity contribution in [2.75, 3.05) is 7.05 Å². The topological polar surface area (TPSA) is 24.7 Å².